The van der Waals surface area contributed by atoms with Crippen LogP contribution in [0.4, 0.5) is 0 Å². The van der Waals surface area contributed by atoms with E-state index in [1.165, 1.54) is 27.4 Å². The quantitative estimate of drug-likeness (QED) is 0.617. The molecule has 2 rings (SSSR count). The van der Waals surface area contributed by atoms with Crippen LogP contribution in [0.15, 0.2) is 21.3 Å². The molecule has 0 bridgehead atoms. The van der Waals surface area contributed by atoms with Crippen molar-refractivity contribution in [1.29, 1.82) is 0 Å². The van der Waals surface area contributed by atoms with Crippen LogP contribution in [0.1, 0.15) is 10.4 Å². The minimum atomic E-state index is -0.740. The van der Waals surface area contributed by atoms with Crippen molar-refractivity contribution in [3.63, 3.8) is 0 Å². The molecule has 0 saturated heterocycles. The highest BCUT2D eigenvalue weighted by atomic mass is 16.5. The average Bonchev–Trinajstić information content (AvgIpc) is 2.44. The van der Waals surface area contributed by atoms with Crippen molar-refractivity contribution in [2.75, 3.05) is 21.3 Å². The Morgan fingerprint density at radius 1 is 1.05 bits per heavy atom. The van der Waals surface area contributed by atoms with Gasteiger partial charge in [-0.15, -0.1) is 0 Å². The number of hydrogen-bond acceptors (Lipinski definition) is 6. The van der Waals surface area contributed by atoms with E-state index in [1.54, 1.807) is 6.07 Å². The first kappa shape index (κ1) is 12.9. The molecule has 1 aromatic heterocycles. The summed E-state index contributed by atoms with van der Waals surface area (Å²) in [7, 11) is 4.35. The molecule has 0 aliphatic rings. The highest BCUT2D eigenvalue weighted by molar-refractivity contribution is 5.94. The normalized spacial score (nSPS) is 10.3. The third kappa shape index (κ3) is 2.01. The summed E-state index contributed by atoms with van der Waals surface area (Å²) in [6.45, 7) is 0. The predicted molar refractivity (Wildman–Crippen MR) is 67.5 cm³/mol. The summed E-state index contributed by atoms with van der Waals surface area (Å²) in [5.74, 6) is 1.06. The van der Waals surface area contributed by atoms with Crippen LogP contribution in [-0.2, 0) is 0 Å². The molecule has 100 valence electrons. The smallest absolute Gasteiger partial charge is 0.347 e. The van der Waals surface area contributed by atoms with Crippen LogP contribution in [0.25, 0.3) is 11.0 Å². The van der Waals surface area contributed by atoms with Gasteiger partial charge in [-0.25, -0.2) is 4.79 Å². The fourth-order valence-corrected chi connectivity index (χ4v) is 1.81. The van der Waals surface area contributed by atoms with E-state index in [-0.39, 0.29) is 16.9 Å². The Kier molecular flexibility index (Phi) is 3.41. The first-order chi connectivity index (χ1) is 9.15. The molecule has 0 aliphatic heterocycles. The van der Waals surface area contributed by atoms with E-state index in [2.05, 4.69) is 0 Å². The third-order valence-electron chi connectivity index (χ3n) is 2.70. The molecule has 2 aromatic rings. The highest BCUT2D eigenvalue weighted by Crippen LogP contribution is 2.40. The van der Waals surface area contributed by atoms with Gasteiger partial charge in [-0.2, -0.15) is 0 Å². The minimum absolute atomic E-state index is 0.0852. The number of fused-ring (bicyclic) bond motifs is 1. The number of ether oxygens (including phenoxy) is 3. The van der Waals surface area contributed by atoms with Gasteiger partial charge in [-0.05, 0) is 6.07 Å². The first-order valence-corrected chi connectivity index (χ1v) is 5.38. The number of benzene rings is 1. The second-order valence-corrected chi connectivity index (χ2v) is 3.66. The molecule has 0 N–H and O–H groups in total. The summed E-state index contributed by atoms with van der Waals surface area (Å²) in [5, 5.41) is 0.460. The lowest BCUT2D eigenvalue weighted by molar-refractivity contribution is 0.112. The van der Waals surface area contributed by atoms with Crippen LogP contribution in [-0.4, -0.2) is 27.6 Å². The van der Waals surface area contributed by atoms with E-state index in [1.807, 2.05) is 0 Å². The summed E-state index contributed by atoms with van der Waals surface area (Å²) in [5.41, 5.74) is -0.650. The fourth-order valence-electron chi connectivity index (χ4n) is 1.81. The number of methoxy groups -OCH3 is 3. The lowest BCUT2D eigenvalue weighted by Gasteiger charge is -2.12. The van der Waals surface area contributed by atoms with Crippen molar-refractivity contribution in [3.8, 4) is 17.2 Å². The molecule has 0 fully saturated rings. The summed E-state index contributed by atoms with van der Waals surface area (Å²) < 4.78 is 20.6. The van der Waals surface area contributed by atoms with Crippen molar-refractivity contribution in [3.05, 3.63) is 28.1 Å². The molecular formula is C13H12O6. The standard InChI is InChI=1S/C13H12O6/c1-16-9-5-10(17-2)12(18-3)11-8(9)4-7(6-14)13(15)19-11/h4-6H,1-3H3. The van der Waals surface area contributed by atoms with Gasteiger partial charge in [0.25, 0.3) is 0 Å². The maximum absolute atomic E-state index is 11.6. The average molecular weight is 264 g/mol. The van der Waals surface area contributed by atoms with Crippen LogP contribution in [0.2, 0.25) is 0 Å². The van der Waals surface area contributed by atoms with E-state index >= 15 is 0 Å². The Labute approximate surface area is 108 Å². The molecule has 1 heterocycles. The van der Waals surface area contributed by atoms with Gasteiger partial charge in [-0.3, -0.25) is 4.79 Å². The van der Waals surface area contributed by atoms with Crippen LogP contribution >= 0.6 is 0 Å². The Morgan fingerprint density at radius 3 is 2.26 bits per heavy atom. The zero-order valence-electron chi connectivity index (χ0n) is 10.7. The maximum atomic E-state index is 11.6. The molecule has 0 spiro atoms. The van der Waals surface area contributed by atoms with Crippen LogP contribution in [0.5, 0.6) is 17.2 Å². The Morgan fingerprint density at radius 2 is 1.74 bits per heavy atom. The van der Waals surface area contributed by atoms with Crippen LogP contribution < -0.4 is 19.8 Å². The van der Waals surface area contributed by atoms with E-state index < -0.39 is 5.63 Å². The summed E-state index contributed by atoms with van der Waals surface area (Å²) in [6.07, 6.45) is 0.432. The Bertz CT molecular complexity index is 686. The van der Waals surface area contributed by atoms with Gasteiger partial charge in [0.2, 0.25) is 5.75 Å². The largest absolute Gasteiger partial charge is 0.496 e. The van der Waals surface area contributed by atoms with Crippen LogP contribution in [0, 0.1) is 0 Å². The second-order valence-electron chi connectivity index (χ2n) is 3.66. The molecule has 0 unspecified atom stereocenters. The molecule has 0 saturated carbocycles. The molecule has 6 nitrogen and oxygen atoms in total. The van der Waals surface area contributed by atoms with Gasteiger partial charge in [0.1, 0.15) is 11.3 Å². The van der Waals surface area contributed by atoms with E-state index in [4.69, 9.17) is 18.6 Å². The minimum Gasteiger partial charge on any atom is -0.496 e. The van der Waals surface area contributed by atoms with Crippen LogP contribution in [0.3, 0.4) is 0 Å². The van der Waals surface area contributed by atoms with Crippen molar-refractivity contribution >= 4 is 17.3 Å². The number of rotatable bonds is 4. The highest BCUT2D eigenvalue weighted by Gasteiger charge is 2.18. The third-order valence-corrected chi connectivity index (χ3v) is 2.70. The summed E-state index contributed by atoms with van der Waals surface area (Å²) in [4.78, 5) is 22.4. The number of carbonyl (C=O) groups is 1. The number of aldehydes is 1. The monoisotopic (exact) mass is 264 g/mol. The molecule has 0 amide bonds. The first-order valence-electron chi connectivity index (χ1n) is 5.38. The summed E-state index contributed by atoms with van der Waals surface area (Å²) in [6, 6.07) is 2.99. The van der Waals surface area contributed by atoms with Crippen molar-refractivity contribution in [2.24, 2.45) is 0 Å². The molecule has 0 atom stereocenters. The maximum Gasteiger partial charge on any atom is 0.347 e. The molecule has 0 radical (unpaired) electrons. The van der Waals surface area contributed by atoms with E-state index in [9.17, 15) is 9.59 Å². The lowest BCUT2D eigenvalue weighted by atomic mass is 10.1. The van der Waals surface area contributed by atoms with Gasteiger partial charge >= 0.3 is 5.63 Å². The van der Waals surface area contributed by atoms with E-state index in [0.29, 0.717) is 23.2 Å². The fraction of sp³-hybridized carbons (Fsp3) is 0.231. The SMILES string of the molecule is COc1cc(OC)c2cc(C=O)c(=O)oc2c1OC. The topological polar surface area (TPSA) is 75.0 Å². The number of hydrogen-bond donors (Lipinski definition) is 0. The molecular weight excluding hydrogens is 252 g/mol. The number of carbonyl (C=O) groups excluding carboxylic acids is 1. The predicted octanol–water partition coefficient (Wildman–Crippen LogP) is 1.63. The van der Waals surface area contributed by atoms with Gasteiger partial charge in [0.05, 0.1) is 26.7 Å². The lowest BCUT2D eigenvalue weighted by Crippen LogP contribution is -2.07. The zero-order chi connectivity index (χ0) is 14.0. The zero-order valence-corrected chi connectivity index (χ0v) is 10.7. The van der Waals surface area contributed by atoms with Crippen molar-refractivity contribution < 1.29 is 23.4 Å². The molecule has 0 aliphatic carbocycles. The van der Waals surface area contributed by atoms with E-state index in [0.717, 1.165) is 0 Å². The van der Waals surface area contributed by atoms with Gasteiger partial charge in [-0.1, -0.05) is 0 Å². The van der Waals surface area contributed by atoms with Crippen molar-refractivity contribution in [2.45, 2.75) is 0 Å². The van der Waals surface area contributed by atoms with Gasteiger partial charge < -0.3 is 18.6 Å². The van der Waals surface area contributed by atoms with Crippen molar-refractivity contribution in [1.82, 2.24) is 0 Å². The molecule has 19 heavy (non-hydrogen) atoms. The van der Waals surface area contributed by atoms with Gasteiger partial charge in [0.15, 0.2) is 17.6 Å². The Hall–Kier alpha value is -2.50. The second kappa shape index (κ2) is 5.01. The summed E-state index contributed by atoms with van der Waals surface area (Å²) >= 11 is 0. The molecule has 1 aromatic carbocycles. The molecule has 6 heteroatoms. The van der Waals surface area contributed by atoms with Gasteiger partial charge in [0, 0.05) is 6.07 Å². The Balaban J connectivity index is 2.96.